The summed E-state index contributed by atoms with van der Waals surface area (Å²) in [7, 11) is 0. The summed E-state index contributed by atoms with van der Waals surface area (Å²) < 4.78 is 39.2. The van der Waals surface area contributed by atoms with Crippen molar-refractivity contribution in [3.8, 4) is 0 Å². The Bertz CT molecular complexity index is 621. The second kappa shape index (κ2) is 6.06. The normalized spacial score (nSPS) is 28.2. The number of carbonyl (C=O) groups excluding carboxylic acids is 1. The van der Waals surface area contributed by atoms with Gasteiger partial charge in [0.25, 0.3) is 0 Å². The zero-order chi connectivity index (χ0) is 17.5. The van der Waals surface area contributed by atoms with Crippen molar-refractivity contribution >= 4 is 5.91 Å². The fourth-order valence-corrected chi connectivity index (χ4v) is 4.10. The third-order valence-corrected chi connectivity index (χ3v) is 5.39. The van der Waals surface area contributed by atoms with Gasteiger partial charge in [0.05, 0.1) is 11.0 Å². The van der Waals surface area contributed by atoms with E-state index in [9.17, 15) is 18.0 Å². The molecular formula is C18H23F3N2O. The van der Waals surface area contributed by atoms with Gasteiger partial charge in [-0.1, -0.05) is 18.2 Å². The van der Waals surface area contributed by atoms with Crippen LogP contribution < -0.4 is 5.32 Å². The van der Waals surface area contributed by atoms with Gasteiger partial charge in [0, 0.05) is 25.0 Å². The van der Waals surface area contributed by atoms with E-state index in [2.05, 4.69) is 5.32 Å². The zero-order valence-corrected chi connectivity index (χ0v) is 14.0. The van der Waals surface area contributed by atoms with E-state index in [1.54, 1.807) is 6.07 Å². The lowest BCUT2D eigenvalue weighted by Crippen LogP contribution is -2.48. The molecule has 1 N–H and O–H groups in total. The summed E-state index contributed by atoms with van der Waals surface area (Å²) in [4.78, 5) is 14.9. The van der Waals surface area contributed by atoms with Gasteiger partial charge in [-0.25, -0.2) is 0 Å². The summed E-state index contributed by atoms with van der Waals surface area (Å²) >= 11 is 0. The smallest absolute Gasteiger partial charge is 0.339 e. The number of piperidine rings is 1. The van der Waals surface area contributed by atoms with Crippen molar-refractivity contribution in [1.82, 2.24) is 10.2 Å². The zero-order valence-electron chi connectivity index (χ0n) is 14.0. The molecule has 2 atom stereocenters. The molecule has 3 rings (SSSR count). The van der Waals surface area contributed by atoms with Gasteiger partial charge in [0.15, 0.2) is 0 Å². The van der Waals surface area contributed by atoms with Crippen LogP contribution in [0.3, 0.4) is 0 Å². The van der Waals surface area contributed by atoms with E-state index >= 15 is 0 Å². The van der Waals surface area contributed by atoms with Crippen LogP contribution in [0.5, 0.6) is 0 Å². The Kier molecular flexibility index (Phi) is 4.36. The number of hydrogen-bond donors (Lipinski definition) is 1. The Morgan fingerprint density at radius 3 is 2.67 bits per heavy atom. The molecule has 0 unspecified atom stereocenters. The number of likely N-dealkylation sites (tertiary alicyclic amines) is 1. The van der Waals surface area contributed by atoms with Crippen molar-refractivity contribution in [2.75, 3.05) is 19.6 Å². The minimum atomic E-state index is -4.37. The molecule has 1 aromatic carbocycles. The summed E-state index contributed by atoms with van der Waals surface area (Å²) in [5.74, 6) is -0.130. The molecule has 2 aliphatic heterocycles. The van der Waals surface area contributed by atoms with Crippen molar-refractivity contribution in [2.45, 2.75) is 44.8 Å². The highest BCUT2D eigenvalue weighted by Crippen LogP contribution is 2.49. The molecule has 1 amide bonds. The SMILES string of the molecule is CC(C)N1C[C@@H](c2cccc(C(F)(F)F)c2)[C@]2(CCCNC2)C1=O. The maximum absolute atomic E-state index is 13.1. The van der Waals surface area contributed by atoms with Gasteiger partial charge in [0.2, 0.25) is 5.91 Å². The summed E-state index contributed by atoms with van der Waals surface area (Å²) in [5, 5.41) is 3.28. The lowest BCUT2D eigenvalue weighted by Gasteiger charge is -2.37. The number of hydrogen-bond acceptors (Lipinski definition) is 2. The molecule has 0 aliphatic carbocycles. The molecule has 0 bridgehead atoms. The first kappa shape index (κ1) is 17.3. The van der Waals surface area contributed by atoms with E-state index in [0.717, 1.165) is 25.5 Å². The van der Waals surface area contributed by atoms with Crippen molar-refractivity contribution < 1.29 is 18.0 Å². The van der Waals surface area contributed by atoms with Gasteiger partial charge >= 0.3 is 6.18 Å². The minimum absolute atomic E-state index is 0.0482. The predicted molar refractivity (Wildman–Crippen MR) is 85.6 cm³/mol. The topological polar surface area (TPSA) is 32.3 Å². The van der Waals surface area contributed by atoms with E-state index < -0.39 is 17.2 Å². The maximum atomic E-state index is 13.1. The number of rotatable bonds is 2. The summed E-state index contributed by atoms with van der Waals surface area (Å²) in [6.45, 7) is 5.79. The van der Waals surface area contributed by atoms with Gasteiger partial charge in [-0.15, -0.1) is 0 Å². The van der Waals surface area contributed by atoms with Crippen LogP contribution in [0.1, 0.15) is 43.7 Å². The summed E-state index contributed by atoms with van der Waals surface area (Å²) in [5.41, 5.74) is -0.647. The standard InChI is InChI=1S/C18H23F3N2O/c1-12(2)23-10-15(17(16(23)24)7-4-8-22-11-17)13-5-3-6-14(9-13)18(19,20)21/h3,5-6,9,12,15,22H,4,7-8,10-11H2,1-2H3/t15-,17+/m0/s1. The average Bonchev–Trinajstić information content (AvgIpc) is 2.81. The number of carbonyl (C=O) groups is 1. The van der Waals surface area contributed by atoms with Gasteiger partial charge in [-0.05, 0) is 44.9 Å². The van der Waals surface area contributed by atoms with E-state index in [0.29, 0.717) is 18.7 Å². The van der Waals surface area contributed by atoms with Crippen LogP contribution in [0.25, 0.3) is 0 Å². The Balaban J connectivity index is 2.03. The predicted octanol–water partition coefficient (Wildman–Crippen LogP) is 3.41. The van der Waals surface area contributed by atoms with E-state index in [1.807, 2.05) is 18.7 Å². The Labute approximate surface area is 140 Å². The fourth-order valence-electron chi connectivity index (χ4n) is 4.10. The monoisotopic (exact) mass is 340 g/mol. The summed E-state index contributed by atoms with van der Waals surface area (Å²) in [6, 6.07) is 5.54. The third kappa shape index (κ3) is 2.81. The highest BCUT2D eigenvalue weighted by Gasteiger charge is 2.55. The molecular weight excluding hydrogens is 317 g/mol. The Hall–Kier alpha value is -1.56. The van der Waals surface area contributed by atoms with E-state index in [-0.39, 0.29) is 17.9 Å². The number of amides is 1. The van der Waals surface area contributed by atoms with Crippen LogP contribution in [-0.2, 0) is 11.0 Å². The molecule has 0 radical (unpaired) electrons. The molecule has 2 heterocycles. The van der Waals surface area contributed by atoms with E-state index in [1.165, 1.54) is 12.1 Å². The number of nitrogens with one attached hydrogen (secondary N) is 1. The Morgan fingerprint density at radius 1 is 1.33 bits per heavy atom. The Morgan fingerprint density at radius 2 is 2.08 bits per heavy atom. The molecule has 0 aromatic heterocycles. The average molecular weight is 340 g/mol. The summed E-state index contributed by atoms with van der Waals surface area (Å²) in [6.07, 6.45) is -2.77. The van der Waals surface area contributed by atoms with Crippen LogP contribution in [0, 0.1) is 5.41 Å². The second-order valence-electron chi connectivity index (χ2n) is 7.16. The molecule has 0 saturated carbocycles. The van der Waals surface area contributed by atoms with E-state index in [4.69, 9.17) is 0 Å². The van der Waals surface area contributed by atoms with Crippen LogP contribution >= 0.6 is 0 Å². The molecule has 132 valence electrons. The van der Waals surface area contributed by atoms with Crippen LogP contribution in [-0.4, -0.2) is 36.5 Å². The molecule has 6 heteroatoms. The minimum Gasteiger partial charge on any atom is -0.339 e. The number of benzene rings is 1. The van der Waals surface area contributed by atoms with Crippen LogP contribution in [0.2, 0.25) is 0 Å². The third-order valence-electron chi connectivity index (χ3n) is 5.39. The molecule has 2 fully saturated rings. The highest BCUT2D eigenvalue weighted by atomic mass is 19.4. The molecule has 2 saturated heterocycles. The molecule has 1 spiro atoms. The molecule has 24 heavy (non-hydrogen) atoms. The highest BCUT2D eigenvalue weighted by molar-refractivity contribution is 5.87. The first-order chi connectivity index (χ1) is 11.3. The van der Waals surface area contributed by atoms with Crippen LogP contribution in [0.4, 0.5) is 13.2 Å². The van der Waals surface area contributed by atoms with Crippen molar-refractivity contribution in [1.29, 1.82) is 0 Å². The maximum Gasteiger partial charge on any atom is 0.416 e. The van der Waals surface area contributed by atoms with Gasteiger partial charge in [-0.2, -0.15) is 13.2 Å². The second-order valence-corrected chi connectivity index (χ2v) is 7.16. The first-order valence-corrected chi connectivity index (χ1v) is 8.44. The number of alkyl halides is 3. The lowest BCUT2D eigenvalue weighted by atomic mass is 9.69. The van der Waals surface area contributed by atoms with Crippen molar-refractivity contribution in [2.24, 2.45) is 5.41 Å². The van der Waals surface area contributed by atoms with Gasteiger partial charge in [-0.3, -0.25) is 4.79 Å². The van der Waals surface area contributed by atoms with Crippen molar-refractivity contribution in [3.63, 3.8) is 0 Å². The van der Waals surface area contributed by atoms with Crippen LogP contribution in [0.15, 0.2) is 24.3 Å². The molecule has 1 aromatic rings. The first-order valence-electron chi connectivity index (χ1n) is 8.44. The number of halogens is 3. The molecule has 3 nitrogen and oxygen atoms in total. The molecule has 2 aliphatic rings. The number of nitrogens with zero attached hydrogens (tertiary/aromatic N) is 1. The quantitative estimate of drug-likeness (QED) is 0.895. The lowest BCUT2D eigenvalue weighted by molar-refractivity contribution is -0.138. The largest absolute Gasteiger partial charge is 0.416 e. The fraction of sp³-hybridized carbons (Fsp3) is 0.611. The van der Waals surface area contributed by atoms with Gasteiger partial charge in [0.1, 0.15) is 0 Å². The van der Waals surface area contributed by atoms with Crippen molar-refractivity contribution in [3.05, 3.63) is 35.4 Å². The van der Waals surface area contributed by atoms with Gasteiger partial charge < -0.3 is 10.2 Å².